The fourth-order valence-electron chi connectivity index (χ4n) is 2.96. The van der Waals surface area contributed by atoms with Gasteiger partial charge < -0.3 is 18.8 Å². The first-order chi connectivity index (χ1) is 14.0. The molecule has 0 atom stereocenters. The van der Waals surface area contributed by atoms with Gasteiger partial charge in [-0.05, 0) is 37.6 Å². The maximum absolute atomic E-state index is 12.9. The highest BCUT2D eigenvalue weighted by Gasteiger charge is 2.15. The Balaban J connectivity index is 2.13. The number of fused-ring (bicyclic) bond motifs is 1. The second-order valence-electron chi connectivity index (χ2n) is 6.22. The predicted molar refractivity (Wildman–Crippen MR) is 111 cm³/mol. The van der Waals surface area contributed by atoms with Crippen molar-refractivity contribution in [2.24, 2.45) is 4.99 Å². The summed E-state index contributed by atoms with van der Waals surface area (Å²) in [6, 6.07) is 10.7. The lowest BCUT2D eigenvalue weighted by Crippen LogP contribution is -2.23. The number of methoxy groups -OCH3 is 2. The maximum Gasteiger partial charge on any atom is 0.326 e. The van der Waals surface area contributed by atoms with Crippen molar-refractivity contribution in [3.05, 3.63) is 52.3 Å². The molecule has 0 saturated carbocycles. The second-order valence-corrected chi connectivity index (χ2v) is 7.22. The Morgan fingerprint density at radius 3 is 2.41 bits per heavy atom. The van der Waals surface area contributed by atoms with Crippen LogP contribution in [-0.4, -0.2) is 37.3 Å². The Bertz CT molecular complexity index is 1110. The molecule has 7 nitrogen and oxygen atoms in total. The first kappa shape index (κ1) is 20.6. The van der Waals surface area contributed by atoms with E-state index in [1.54, 1.807) is 29.7 Å². The van der Waals surface area contributed by atoms with Crippen molar-refractivity contribution >= 4 is 33.4 Å². The van der Waals surface area contributed by atoms with E-state index in [1.807, 2.05) is 25.1 Å². The molecule has 0 radical (unpaired) electrons. The number of thiazole rings is 1. The molecule has 3 aromatic rings. The van der Waals surface area contributed by atoms with Crippen molar-refractivity contribution in [1.82, 2.24) is 4.57 Å². The standard InChI is InChI=1S/C21H22N2O5S/c1-5-28-18(24)12-23-19-13(2)7-6-8-17(19)29-21(23)22-20(25)14-9-15(26-3)11-16(10-14)27-4/h6-11H,5,12H2,1-4H3. The Hall–Kier alpha value is -3.13. The van der Waals surface area contributed by atoms with E-state index in [0.29, 0.717) is 21.9 Å². The average molecular weight is 414 g/mol. The van der Waals surface area contributed by atoms with Crippen LogP contribution in [0.15, 0.2) is 41.4 Å². The average Bonchev–Trinajstić information content (AvgIpc) is 3.05. The van der Waals surface area contributed by atoms with Crippen molar-refractivity contribution in [3.63, 3.8) is 0 Å². The minimum absolute atomic E-state index is 0.0216. The van der Waals surface area contributed by atoms with Crippen LogP contribution >= 0.6 is 11.3 Å². The number of ether oxygens (including phenoxy) is 3. The number of hydrogen-bond donors (Lipinski definition) is 0. The Labute approximate surface area is 172 Å². The van der Waals surface area contributed by atoms with Gasteiger partial charge in [0.05, 0.1) is 31.0 Å². The third kappa shape index (κ3) is 4.48. The van der Waals surface area contributed by atoms with Gasteiger partial charge in [0.25, 0.3) is 5.91 Å². The van der Waals surface area contributed by atoms with Gasteiger partial charge in [0.15, 0.2) is 4.80 Å². The van der Waals surface area contributed by atoms with E-state index in [0.717, 1.165) is 15.8 Å². The summed E-state index contributed by atoms with van der Waals surface area (Å²) in [4.78, 5) is 29.7. The van der Waals surface area contributed by atoms with Crippen molar-refractivity contribution in [2.45, 2.75) is 20.4 Å². The van der Waals surface area contributed by atoms with E-state index < -0.39 is 5.91 Å². The summed E-state index contributed by atoms with van der Waals surface area (Å²) >= 11 is 1.35. The molecular formula is C21H22N2O5S. The molecule has 2 aromatic carbocycles. The fourth-order valence-corrected chi connectivity index (χ4v) is 4.06. The van der Waals surface area contributed by atoms with Gasteiger partial charge in [0.1, 0.15) is 18.0 Å². The number of carbonyl (C=O) groups excluding carboxylic acids is 2. The Kier molecular flexibility index (Phi) is 6.33. The van der Waals surface area contributed by atoms with Gasteiger partial charge in [-0.25, -0.2) is 0 Å². The summed E-state index contributed by atoms with van der Waals surface area (Å²) in [5.41, 5.74) is 2.18. The summed E-state index contributed by atoms with van der Waals surface area (Å²) in [5, 5.41) is 0. The second kappa shape index (κ2) is 8.91. The van der Waals surface area contributed by atoms with Gasteiger partial charge >= 0.3 is 5.97 Å². The van der Waals surface area contributed by atoms with Gasteiger partial charge in [-0.15, -0.1) is 0 Å². The molecule has 152 valence electrons. The molecule has 8 heteroatoms. The molecule has 0 aliphatic carbocycles. The van der Waals surface area contributed by atoms with Crippen LogP contribution in [0, 0.1) is 6.92 Å². The van der Waals surface area contributed by atoms with Crippen LogP contribution < -0.4 is 14.3 Å². The molecule has 3 rings (SSSR count). The van der Waals surface area contributed by atoms with Crippen molar-refractivity contribution in [2.75, 3.05) is 20.8 Å². The van der Waals surface area contributed by atoms with Gasteiger partial charge in [-0.2, -0.15) is 4.99 Å². The van der Waals surface area contributed by atoms with E-state index in [-0.39, 0.29) is 19.1 Å². The summed E-state index contributed by atoms with van der Waals surface area (Å²) in [6.07, 6.45) is 0. The van der Waals surface area contributed by atoms with Gasteiger partial charge in [-0.1, -0.05) is 23.5 Å². The summed E-state index contributed by atoms with van der Waals surface area (Å²) < 4.78 is 18.2. The molecule has 0 unspecified atom stereocenters. The molecule has 0 spiro atoms. The summed E-state index contributed by atoms with van der Waals surface area (Å²) in [6.45, 7) is 3.97. The Morgan fingerprint density at radius 1 is 1.10 bits per heavy atom. The number of amides is 1. The van der Waals surface area contributed by atoms with E-state index >= 15 is 0 Å². The highest BCUT2D eigenvalue weighted by Crippen LogP contribution is 2.24. The topological polar surface area (TPSA) is 79.1 Å². The van der Waals surface area contributed by atoms with Crippen LogP contribution in [0.4, 0.5) is 0 Å². The van der Waals surface area contributed by atoms with E-state index in [4.69, 9.17) is 14.2 Å². The van der Waals surface area contributed by atoms with Crippen LogP contribution in [0.3, 0.4) is 0 Å². The lowest BCUT2D eigenvalue weighted by Gasteiger charge is -2.07. The van der Waals surface area contributed by atoms with Crippen LogP contribution in [0.1, 0.15) is 22.8 Å². The molecule has 0 N–H and O–H groups in total. The van der Waals surface area contributed by atoms with Crippen molar-refractivity contribution in [1.29, 1.82) is 0 Å². The zero-order chi connectivity index (χ0) is 21.0. The van der Waals surface area contributed by atoms with Gasteiger partial charge in [0.2, 0.25) is 0 Å². The third-order valence-electron chi connectivity index (χ3n) is 4.29. The summed E-state index contributed by atoms with van der Waals surface area (Å²) in [7, 11) is 3.03. The van der Waals surface area contributed by atoms with Crippen molar-refractivity contribution in [3.8, 4) is 11.5 Å². The lowest BCUT2D eigenvalue weighted by atomic mass is 10.2. The minimum atomic E-state index is -0.455. The third-order valence-corrected chi connectivity index (χ3v) is 5.33. The number of hydrogen-bond acceptors (Lipinski definition) is 6. The molecule has 1 aromatic heterocycles. The molecule has 0 bridgehead atoms. The number of esters is 1. The number of nitrogens with zero attached hydrogens (tertiary/aromatic N) is 2. The fraction of sp³-hybridized carbons (Fsp3) is 0.286. The number of para-hydroxylation sites is 1. The molecule has 29 heavy (non-hydrogen) atoms. The highest BCUT2D eigenvalue weighted by molar-refractivity contribution is 7.16. The smallest absolute Gasteiger partial charge is 0.326 e. The Morgan fingerprint density at radius 2 is 1.79 bits per heavy atom. The number of benzene rings is 2. The normalized spacial score (nSPS) is 11.5. The largest absolute Gasteiger partial charge is 0.497 e. The van der Waals surface area contributed by atoms with Crippen LogP contribution in [0.25, 0.3) is 10.2 Å². The number of rotatable bonds is 6. The van der Waals surface area contributed by atoms with Crippen LogP contribution in [0.2, 0.25) is 0 Å². The molecule has 0 fully saturated rings. The zero-order valence-corrected chi connectivity index (χ0v) is 17.5. The SMILES string of the molecule is CCOC(=O)Cn1c(=NC(=O)c2cc(OC)cc(OC)c2)sc2cccc(C)c21. The lowest BCUT2D eigenvalue weighted by molar-refractivity contribution is -0.143. The molecule has 1 amide bonds. The van der Waals surface area contributed by atoms with Crippen LogP contribution in [0.5, 0.6) is 11.5 Å². The first-order valence-electron chi connectivity index (χ1n) is 9.03. The molecule has 0 aliphatic heterocycles. The van der Waals surface area contributed by atoms with E-state index in [9.17, 15) is 9.59 Å². The number of aromatic nitrogens is 1. The molecule has 0 aliphatic rings. The quantitative estimate of drug-likeness (QED) is 0.578. The van der Waals surface area contributed by atoms with Crippen molar-refractivity contribution < 1.29 is 23.8 Å². The zero-order valence-electron chi connectivity index (χ0n) is 16.7. The van der Waals surface area contributed by atoms with Crippen LogP contribution in [-0.2, 0) is 16.1 Å². The molecular weight excluding hydrogens is 392 g/mol. The van der Waals surface area contributed by atoms with E-state index in [2.05, 4.69) is 4.99 Å². The first-order valence-corrected chi connectivity index (χ1v) is 9.85. The predicted octanol–water partition coefficient (Wildman–Crippen LogP) is 3.33. The monoisotopic (exact) mass is 414 g/mol. The molecule has 1 heterocycles. The number of carbonyl (C=O) groups is 2. The minimum Gasteiger partial charge on any atom is -0.497 e. The molecule has 0 saturated heterocycles. The van der Waals surface area contributed by atoms with Gasteiger partial charge in [-0.3, -0.25) is 9.59 Å². The maximum atomic E-state index is 12.9. The summed E-state index contributed by atoms with van der Waals surface area (Å²) in [5.74, 6) is 0.153. The number of aryl methyl sites for hydroxylation is 1. The highest BCUT2D eigenvalue weighted by atomic mass is 32.1. The van der Waals surface area contributed by atoms with Gasteiger partial charge in [0, 0.05) is 11.6 Å². The van der Waals surface area contributed by atoms with E-state index in [1.165, 1.54) is 25.6 Å².